The van der Waals surface area contributed by atoms with Gasteiger partial charge in [0.05, 0.1) is 24.2 Å². The van der Waals surface area contributed by atoms with Gasteiger partial charge in [-0.25, -0.2) is 0 Å². The molecule has 96 valence electrons. The van der Waals surface area contributed by atoms with Crippen molar-refractivity contribution in [2.24, 2.45) is 0 Å². The monoisotopic (exact) mass is 253 g/mol. The number of aromatic nitrogens is 1. The SMILES string of the molecule is N#CC1(c2ccccc2)CC(NCc2ccno2)C1. The smallest absolute Gasteiger partial charge is 0.150 e. The lowest BCUT2D eigenvalue weighted by molar-refractivity contribution is 0.218. The van der Waals surface area contributed by atoms with E-state index in [2.05, 4.69) is 16.5 Å². The van der Waals surface area contributed by atoms with E-state index in [1.807, 2.05) is 36.4 Å². The van der Waals surface area contributed by atoms with Gasteiger partial charge < -0.3 is 9.84 Å². The van der Waals surface area contributed by atoms with Crippen molar-refractivity contribution in [1.29, 1.82) is 5.26 Å². The molecule has 1 aromatic carbocycles. The molecule has 0 spiro atoms. The Hall–Kier alpha value is -2.12. The maximum absolute atomic E-state index is 9.45. The Bertz CT molecular complexity index is 565. The molecule has 0 bridgehead atoms. The standard InChI is InChI=1S/C15H15N3O/c16-11-15(12-4-2-1-3-5-12)8-13(9-15)17-10-14-6-7-18-19-14/h1-7,13,17H,8-10H2. The van der Waals surface area contributed by atoms with Crippen molar-refractivity contribution in [2.75, 3.05) is 0 Å². The quantitative estimate of drug-likeness (QED) is 0.908. The van der Waals surface area contributed by atoms with Crippen LogP contribution in [0.25, 0.3) is 0 Å². The molecule has 0 unspecified atom stereocenters. The highest BCUT2D eigenvalue weighted by Gasteiger charge is 2.45. The first-order valence-corrected chi connectivity index (χ1v) is 6.42. The molecule has 1 aliphatic carbocycles. The molecule has 3 rings (SSSR count). The van der Waals surface area contributed by atoms with Gasteiger partial charge in [0.2, 0.25) is 0 Å². The number of nitriles is 1. The summed E-state index contributed by atoms with van der Waals surface area (Å²) in [6.07, 6.45) is 3.34. The van der Waals surface area contributed by atoms with Crippen molar-refractivity contribution in [2.45, 2.75) is 30.8 Å². The topological polar surface area (TPSA) is 61.9 Å². The van der Waals surface area contributed by atoms with E-state index in [0.717, 1.165) is 24.2 Å². The Labute approximate surface area is 112 Å². The number of hydrogen-bond acceptors (Lipinski definition) is 4. The van der Waals surface area contributed by atoms with Crippen molar-refractivity contribution < 1.29 is 4.52 Å². The van der Waals surface area contributed by atoms with Crippen LogP contribution in [0.4, 0.5) is 0 Å². The summed E-state index contributed by atoms with van der Waals surface area (Å²) in [5.41, 5.74) is 0.801. The normalized spacial score (nSPS) is 25.5. The van der Waals surface area contributed by atoms with E-state index in [0.29, 0.717) is 12.6 Å². The van der Waals surface area contributed by atoms with E-state index in [9.17, 15) is 5.26 Å². The summed E-state index contributed by atoms with van der Waals surface area (Å²) in [5.74, 6) is 0.828. The third-order valence-electron chi connectivity index (χ3n) is 3.79. The van der Waals surface area contributed by atoms with Gasteiger partial charge in [0.25, 0.3) is 0 Å². The number of nitrogens with zero attached hydrogens (tertiary/aromatic N) is 2. The van der Waals surface area contributed by atoms with Crippen LogP contribution in [-0.2, 0) is 12.0 Å². The summed E-state index contributed by atoms with van der Waals surface area (Å²) in [4.78, 5) is 0. The molecule has 0 amide bonds. The Morgan fingerprint density at radius 2 is 2.11 bits per heavy atom. The van der Waals surface area contributed by atoms with Gasteiger partial charge in [-0.1, -0.05) is 35.5 Å². The zero-order chi connectivity index (χ0) is 13.1. The van der Waals surface area contributed by atoms with Crippen molar-refractivity contribution >= 4 is 0 Å². The van der Waals surface area contributed by atoms with Gasteiger partial charge in [0, 0.05) is 12.1 Å². The summed E-state index contributed by atoms with van der Waals surface area (Å²) in [7, 11) is 0. The fourth-order valence-corrected chi connectivity index (χ4v) is 2.65. The van der Waals surface area contributed by atoms with Crippen LogP contribution >= 0.6 is 0 Å². The van der Waals surface area contributed by atoms with E-state index in [1.165, 1.54) is 0 Å². The molecule has 0 saturated heterocycles. The molecule has 4 nitrogen and oxygen atoms in total. The third-order valence-corrected chi connectivity index (χ3v) is 3.79. The average Bonchev–Trinajstić information content (AvgIpc) is 2.92. The van der Waals surface area contributed by atoms with Gasteiger partial charge in [-0.05, 0) is 18.4 Å². The van der Waals surface area contributed by atoms with E-state index >= 15 is 0 Å². The van der Waals surface area contributed by atoms with Gasteiger partial charge in [-0.2, -0.15) is 5.26 Å². The molecule has 1 fully saturated rings. The molecule has 19 heavy (non-hydrogen) atoms. The van der Waals surface area contributed by atoms with Gasteiger partial charge in [-0.3, -0.25) is 0 Å². The predicted molar refractivity (Wildman–Crippen MR) is 70.1 cm³/mol. The van der Waals surface area contributed by atoms with Gasteiger partial charge in [0.15, 0.2) is 0 Å². The minimum Gasteiger partial charge on any atom is -0.360 e. The molecular weight excluding hydrogens is 238 g/mol. The molecular formula is C15H15N3O. The summed E-state index contributed by atoms with van der Waals surface area (Å²) >= 11 is 0. The predicted octanol–water partition coefficient (Wildman–Crippen LogP) is 2.39. The largest absolute Gasteiger partial charge is 0.360 e. The lowest BCUT2D eigenvalue weighted by Gasteiger charge is -2.43. The molecule has 2 aromatic rings. The number of benzene rings is 1. The van der Waals surface area contributed by atoms with Crippen LogP contribution in [0, 0.1) is 11.3 Å². The summed E-state index contributed by atoms with van der Waals surface area (Å²) in [5, 5.41) is 16.5. The zero-order valence-electron chi connectivity index (χ0n) is 10.5. The highest BCUT2D eigenvalue weighted by molar-refractivity contribution is 5.36. The van der Waals surface area contributed by atoms with Crippen molar-refractivity contribution in [1.82, 2.24) is 10.5 Å². The summed E-state index contributed by atoms with van der Waals surface area (Å²) < 4.78 is 5.04. The van der Waals surface area contributed by atoms with Gasteiger partial charge >= 0.3 is 0 Å². The second-order valence-electron chi connectivity index (χ2n) is 5.02. The first kappa shape index (κ1) is 11.9. The Balaban J connectivity index is 1.60. The highest BCUT2D eigenvalue weighted by atomic mass is 16.5. The van der Waals surface area contributed by atoms with Crippen LogP contribution in [0.2, 0.25) is 0 Å². The second-order valence-corrected chi connectivity index (χ2v) is 5.02. The summed E-state index contributed by atoms with van der Waals surface area (Å²) in [6, 6.07) is 14.7. The Kier molecular flexibility index (Phi) is 3.06. The lowest BCUT2D eigenvalue weighted by atomic mass is 9.62. The lowest BCUT2D eigenvalue weighted by Crippen LogP contribution is -2.50. The van der Waals surface area contributed by atoms with E-state index in [4.69, 9.17) is 4.52 Å². The minimum atomic E-state index is -0.319. The van der Waals surface area contributed by atoms with Crippen LogP contribution in [0.5, 0.6) is 0 Å². The maximum atomic E-state index is 9.45. The first-order valence-electron chi connectivity index (χ1n) is 6.42. The molecule has 1 aliphatic rings. The third kappa shape index (κ3) is 2.25. The maximum Gasteiger partial charge on any atom is 0.150 e. The first-order chi connectivity index (χ1) is 9.32. The fourth-order valence-electron chi connectivity index (χ4n) is 2.65. The van der Waals surface area contributed by atoms with Crippen LogP contribution in [0.15, 0.2) is 47.1 Å². The fraction of sp³-hybridized carbons (Fsp3) is 0.333. The van der Waals surface area contributed by atoms with E-state index < -0.39 is 0 Å². The van der Waals surface area contributed by atoms with Crippen LogP contribution in [0.3, 0.4) is 0 Å². The molecule has 0 radical (unpaired) electrons. The Morgan fingerprint density at radius 3 is 2.74 bits per heavy atom. The van der Waals surface area contributed by atoms with E-state index in [-0.39, 0.29) is 5.41 Å². The van der Waals surface area contributed by atoms with Gasteiger partial charge in [0.1, 0.15) is 5.76 Å². The van der Waals surface area contributed by atoms with E-state index in [1.54, 1.807) is 6.20 Å². The van der Waals surface area contributed by atoms with Crippen LogP contribution in [0.1, 0.15) is 24.2 Å². The zero-order valence-corrected chi connectivity index (χ0v) is 10.5. The molecule has 0 aliphatic heterocycles. The molecule has 0 atom stereocenters. The molecule has 1 N–H and O–H groups in total. The minimum absolute atomic E-state index is 0.319. The van der Waals surface area contributed by atoms with Crippen LogP contribution < -0.4 is 5.32 Å². The molecule has 1 heterocycles. The average molecular weight is 253 g/mol. The van der Waals surface area contributed by atoms with Crippen molar-refractivity contribution in [3.8, 4) is 6.07 Å². The van der Waals surface area contributed by atoms with Crippen molar-refractivity contribution in [3.05, 3.63) is 53.9 Å². The molecule has 1 aromatic heterocycles. The molecule has 1 saturated carbocycles. The number of nitrogens with one attached hydrogen (secondary N) is 1. The molecule has 4 heteroatoms. The number of hydrogen-bond donors (Lipinski definition) is 1. The van der Waals surface area contributed by atoms with Gasteiger partial charge in [-0.15, -0.1) is 0 Å². The second kappa shape index (κ2) is 4.87. The van der Waals surface area contributed by atoms with Crippen LogP contribution in [-0.4, -0.2) is 11.2 Å². The number of rotatable bonds is 4. The summed E-state index contributed by atoms with van der Waals surface area (Å²) in [6.45, 7) is 0.668. The highest BCUT2D eigenvalue weighted by Crippen LogP contribution is 2.43. The Morgan fingerprint density at radius 1 is 1.32 bits per heavy atom. The van der Waals surface area contributed by atoms with Crippen molar-refractivity contribution in [3.63, 3.8) is 0 Å².